The maximum Gasteiger partial charge on any atom is 0.373 e. The van der Waals surface area contributed by atoms with Crippen LogP contribution >= 0.6 is 0 Å². The molecular weight excluding hydrogens is 356 g/mol. The number of benzene rings is 1. The fourth-order valence-electron chi connectivity index (χ4n) is 2.61. The minimum atomic E-state index is -3.85. The van der Waals surface area contributed by atoms with Crippen molar-refractivity contribution in [1.29, 1.82) is 0 Å². The summed E-state index contributed by atoms with van der Waals surface area (Å²) in [6.07, 6.45) is 0.893. The molecule has 0 fully saturated rings. The van der Waals surface area contributed by atoms with Crippen molar-refractivity contribution in [2.45, 2.75) is 24.7 Å². The molecule has 0 saturated carbocycles. The average molecular weight is 380 g/mol. The number of sulfonamides is 1. The molecule has 0 aliphatic rings. The predicted molar refractivity (Wildman–Crippen MR) is 97.4 cm³/mol. The summed E-state index contributed by atoms with van der Waals surface area (Å²) >= 11 is 0. The molecule has 0 aliphatic heterocycles. The van der Waals surface area contributed by atoms with Crippen molar-refractivity contribution in [2.24, 2.45) is 5.73 Å². The molecule has 0 aliphatic carbocycles. The molecule has 2 aromatic rings. The lowest BCUT2D eigenvalue weighted by Crippen LogP contribution is -2.37. The van der Waals surface area contributed by atoms with Crippen LogP contribution in [0.15, 0.2) is 45.7 Å². The number of carbonyl (C=O) groups is 1. The monoisotopic (exact) mass is 380 g/mol. The van der Waals surface area contributed by atoms with Gasteiger partial charge in [-0.15, -0.1) is 0 Å². The first-order valence-corrected chi connectivity index (χ1v) is 9.83. The molecule has 7 nitrogen and oxygen atoms in total. The highest BCUT2D eigenvalue weighted by atomic mass is 32.2. The second-order valence-electron chi connectivity index (χ2n) is 5.67. The maximum atomic E-state index is 13.1. The number of methoxy groups -OCH3 is 1. The Morgan fingerprint density at radius 2 is 1.92 bits per heavy atom. The third-order valence-corrected chi connectivity index (χ3v) is 5.91. The summed E-state index contributed by atoms with van der Waals surface area (Å²) in [5.41, 5.74) is 6.65. The van der Waals surface area contributed by atoms with Gasteiger partial charge in [0.25, 0.3) is 0 Å². The van der Waals surface area contributed by atoms with E-state index in [1.807, 2.05) is 30.3 Å². The van der Waals surface area contributed by atoms with E-state index in [0.717, 1.165) is 5.56 Å². The maximum absolute atomic E-state index is 13.1. The fourth-order valence-corrected chi connectivity index (χ4v) is 4.30. The first kappa shape index (κ1) is 20.2. The number of carbonyl (C=O) groups excluding carboxylic acids is 1. The molecule has 1 heterocycles. The van der Waals surface area contributed by atoms with Crippen LogP contribution in [0.1, 0.15) is 28.8 Å². The van der Waals surface area contributed by atoms with Gasteiger partial charge in [-0.2, -0.15) is 4.31 Å². The standard InChI is InChI=1S/C18H24N2O5S/c1-3-15-17(13-16(25-15)18(21)24-2)26(22,23)20(12-10-19)11-9-14-7-5-4-6-8-14/h4-8,13H,3,9-12,19H2,1-2H3. The molecule has 0 spiro atoms. The van der Waals surface area contributed by atoms with Crippen molar-refractivity contribution < 1.29 is 22.4 Å². The van der Waals surface area contributed by atoms with Gasteiger partial charge in [0.1, 0.15) is 10.7 Å². The van der Waals surface area contributed by atoms with E-state index in [0.29, 0.717) is 12.8 Å². The Hall–Kier alpha value is -2.16. The van der Waals surface area contributed by atoms with Crippen LogP contribution in [0.3, 0.4) is 0 Å². The second-order valence-corrected chi connectivity index (χ2v) is 7.58. The molecule has 142 valence electrons. The number of furan rings is 1. The lowest BCUT2D eigenvalue weighted by Gasteiger charge is -2.21. The molecule has 2 N–H and O–H groups in total. The Balaban J connectivity index is 2.31. The average Bonchev–Trinajstić information content (AvgIpc) is 3.10. The Morgan fingerprint density at radius 1 is 1.23 bits per heavy atom. The van der Waals surface area contributed by atoms with E-state index in [1.54, 1.807) is 6.92 Å². The quantitative estimate of drug-likeness (QED) is 0.666. The summed E-state index contributed by atoms with van der Waals surface area (Å²) in [6.45, 7) is 2.41. The molecule has 26 heavy (non-hydrogen) atoms. The normalized spacial score (nSPS) is 11.7. The zero-order valence-corrected chi connectivity index (χ0v) is 15.8. The third kappa shape index (κ3) is 4.51. The van der Waals surface area contributed by atoms with Gasteiger partial charge in [0, 0.05) is 32.1 Å². The van der Waals surface area contributed by atoms with E-state index in [2.05, 4.69) is 4.74 Å². The van der Waals surface area contributed by atoms with Crippen molar-refractivity contribution in [3.8, 4) is 0 Å². The minimum absolute atomic E-state index is 0.0121. The van der Waals surface area contributed by atoms with Crippen LogP contribution < -0.4 is 5.73 Å². The van der Waals surface area contributed by atoms with E-state index < -0.39 is 16.0 Å². The highest BCUT2D eigenvalue weighted by Gasteiger charge is 2.30. The molecule has 0 saturated heterocycles. The van der Waals surface area contributed by atoms with Crippen LogP contribution in [0.25, 0.3) is 0 Å². The molecule has 1 aromatic heterocycles. The summed E-state index contributed by atoms with van der Waals surface area (Å²) in [6, 6.07) is 10.8. The fraction of sp³-hybridized carbons (Fsp3) is 0.389. The molecule has 1 aromatic carbocycles. The zero-order valence-electron chi connectivity index (χ0n) is 15.0. The topological polar surface area (TPSA) is 103 Å². The van der Waals surface area contributed by atoms with Crippen molar-refractivity contribution in [3.05, 3.63) is 53.5 Å². The van der Waals surface area contributed by atoms with Gasteiger partial charge in [0.05, 0.1) is 7.11 Å². The van der Waals surface area contributed by atoms with Gasteiger partial charge in [-0.25, -0.2) is 13.2 Å². The van der Waals surface area contributed by atoms with Crippen LogP contribution in [0.5, 0.6) is 0 Å². The van der Waals surface area contributed by atoms with Gasteiger partial charge in [-0.05, 0) is 12.0 Å². The second kappa shape index (κ2) is 8.98. The Kier molecular flexibility index (Phi) is 6.96. The number of aryl methyl sites for hydroxylation is 1. The van der Waals surface area contributed by atoms with Gasteiger partial charge in [0.2, 0.25) is 15.8 Å². The van der Waals surface area contributed by atoms with Gasteiger partial charge < -0.3 is 14.9 Å². The first-order chi connectivity index (χ1) is 12.4. The molecular formula is C18H24N2O5S. The molecule has 0 unspecified atom stereocenters. The molecule has 0 bridgehead atoms. The highest BCUT2D eigenvalue weighted by Crippen LogP contribution is 2.25. The van der Waals surface area contributed by atoms with Crippen LogP contribution in [0, 0.1) is 0 Å². The molecule has 8 heteroatoms. The van der Waals surface area contributed by atoms with Crippen molar-refractivity contribution >= 4 is 16.0 Å². The Bertz CT molecular complexity index is 831. The number of ether oxygens (including phenoxy) is 1. The van der Waals surface area contributed by atoms with Crippen LogP contribution in [0.4, 0.5) is 0 Å². The molecule has 0 radical (unpaired) electrons. The summed E-state index contributed by atoms with van der Waals surface area (Å²) in [4.78, 5) is 11.7. The molecule has 0 amide bonds. The zero-order chi connectivity index (χ0) is 19.2. The van der Waals surface area contributed by atoms with Crippen LogP contribution in [-0.2, 0) is 27.6 Å². The van der Waals surface area contributed by atoms with Crippen molar-refractivity contribution in [2.75, 3.05) is 26.7 Å². The highest BCUT2D eigenvalue weighted by molar-refractivity contribution is 7.89. The number of hydrogen-bond acceptors (Lipinski definition) is 6. The van der Waals surface area contributed by atoms with E-state index in [1.165, 1.54) is 17.5 Å². The molecule has 0 atom stereocenters. The summed E-state index contributed by atoms with van der Waals surface area (Å²) in [7, 11) is -2.63. The number of nitrogens with zero attached hydrogens (tertiary/aromatic N) is 1. The summed E-state index contributed by atoms with van der Waals surface area (Å²) in [5.74, 6) is -0.610. The largest absolute Gasteiger partial charge is 0.463 e. The van der Waals surface area contributed by atoms with E-state index in [-0.39, 0.29) is 36.1 Å². The Labute approximate surface area is 153 Å². The van der Waals surface area contributed by atoms with Gasteiger partial charge in [0.15, 0.2) is 0 Å². The number of hydrogen-bond donors (Lipinski definition) is 1. The third-order valence-electron chi connectivity index (χ3n) is 3.97. The van der Waals surface area contributed by atoms with E-state index in [4.69, 9.17) is 10.2 Å². The van der Waals surface area contributed by atoms with Gasteiger partial charge in [-0.3, -0.25) is 0 Å². The van der Waals surface area contributed by atoms with E-state index >= 15 is 0 Å². The first-order valence-electron chi connectivity index (χ1n) is 8.39. The van der Waals surface area contributed by atoms with Crippen LogP contribution in [0.2, 0.25) is 0 Å². The summed E-state index contributed by atoms with van der Waals surface area (Å²) < 4.78 is 37.5. The number of esters is 1. The van der Waals surface area contributed by atoms with Gasteiger partial charge >= 0.3 is 5.97 Å². The predicted octanol–water partition coefficient (Wildman–Crippen LogP) is 1.82. The van der Waals surface area contributed by atoms with Crippen molar-refractivity contribution in [1.82, 2.24) is 4.31 Å². The Morgan fingerprint density at radius 3 is 2.50 bits per heavy atom. The van der Waals surface area contributed by atoms with E-state index in [9.17, 15) is 13.2 Å². The van der Waals surface area contributed by atoms with Crippen LogP contribution in [-0.4, -0.2) is 45.4 Å². The van der Waals surface area contributed by atoms with Gasteiger partial charge in [-0.1, -0.05) is 37.3 Å². The minimum Gasteiger partial charge on any atom is -0.463 e. The lowest BCUT2D eigenvalue weighted by atomic mass is 10.1. The van der Waals surface area contributed by atoms with Crippen molar-refractivity contribution in [3.63, 3.8) is 0 Å². The lowest BCUT2D eigenvalue weighted by molar-refractivity contribution is 0.0563. The summed E-state index contributed by atoms with van der Waals surface area (Å²) in [5, 5.41) is 0. The number of nitrogens with two attached hydrogens (primary N) is 1. The molecule has 2 rings (SSSR count). The smallest absolute Gasteiger partial charge is 0.373 e. The SMILES string of the molecule is CCc1oc(C(=O)OC)cc1S(=O)(=O)N(CCN)CCc1ccccc1. The number of rotatable bonds is 9.